The van der Waals surface area contributed by atoms with Gasteiger partial charge < -0.3 is 14.2 Å². The molecule has 0 amide bonds. The minimum Gasteiger partial charge on any atom is -0.490 e. The molecule has 0 atom stereocenters. The number of aromatic nitrogens is 3. The number of methoxy groups -OCH3 is 1. The molecule has 0 spiro atoms. The molecule has 0 radical (unpaired) electrons. The van der Waals surface area contributed by atoms with Crippen LogP contribution in [-0.4, -0.2) is 41.9 Å². The van der Waals surface area contributed by atoms with Gasteiger partial charge in [0.25, 0.3) is 0 Å². The Bertz CT molecular complexity index is 595. The van der Waals surface area contributed by atoms with Crippen LogP contribution in [-0.2, 0) is 4.74 Å². The largest absolute Gasteiger partial charge is 0.490 e. The van der Waals surface area contributed by atoms with Crippen molar-refractivity contribution in [3.05, 3.63) is 29.5 Å². The molecule has 112 valence electrons. The van der Waals surface area contributed by atoms with Gasteiger partial charge in [-0.3, -0.25) is 0 Å². The van der Waals surface area contributed by atoms with Crippen LogP contribution < -0.4 is 9.47 Å². The fraction of sp³-hybridized carbons (Fsp3) is 0.357. The summed E-state index contributed by atoms with van der Waals surface area (Å²) in [6.45, 7) is 3.23. The van der Waals surface area contributed by atoms with E-state index in [1.807, 2.05) is 31.2 Å². The van der Waals surface area contributed by atoms with E-state index >= 15 is 0 Å². The maximum absolute atomic E-state index is 5.91. The summed E-state index contributed by atoms with van der Waals surface area (Å²) in [4.78, 5) is 12.3. The Morgan fingerprint density at radius 1 is 1.05 bits per heavy atom. The lowest BCUT2D eigenvalue weighted by atomic mass is 10.2. The summed E-state index contributed by atoms with van der Waals surface area (Å²) in [7, 11) is 1.62. The zero-order valence-corrected chi connectivity index (χ0v) is 12.6. The van der Waals surface area contributed by atoms with E-state index in [4.69, 9.17) is 25.8 Å². The van der Waals surface area contributed by atoms with Gasteiger partial charge in [0.2, 0.25) is 5.28 Å². The number of benzene rings is 1. The second-order valence-electron chi connectivity index (χ2n) is 3.98. The first-order valence-corrected chi connectivity index (χ1v) is 6.88. The molecule has 0 saturated carbocycles. The number of rotatable bonds is 7. The van der Waals surface area contributed by atoms with E-state index in [1.165, 1.54) is 0 Å². The Balaban J connectivity index is 2.32. The van der Waals surface area contributed by atoms with Crippen LogP contribution in [0.4, 0.5) is 0 Å². The molecule has 0 aliphatic carbocycles. The molecule has 1 aromatic carbocycles. The van der Waals surface area contributed by atoms with Gasteiger partial charge in [-0.25, -0.2) is 0 Å². The third-order valence-corrected chi connectivity index (χ3v) is 2.70. The van der Waals surface area contributed by atoms with Gasteiger partial charge in [0.15, 0.2) is 5.82 Å². The Morgan fingerprint density at radius 2 is 1.86 bits per heavy atom. The fourth-order valence-corrected chi connectivity index (χ4v) is 1.81. The lowest BCUT2D eigenvalue weighted by Crippen LogP contribution is -2.06. The molecule has 2 rings (SSSR count). The zero-order valence-electron chi connectivity index (χ0n) is 11.9. The van der Waals surface area contributed by atoms with Crippen LogP contribution in [0.25, 0.3) is 11.4 Å². The molecule has 6 nitrogen and oxygen atoms in total. The van der Waals surface area contributed by atoms with E-state index in [1.54, 1.807) is 7.11 Å². The summed E-state index contributed by atoms with van der Waals surface area (Å²) < 4.78 is 15.9. The van der Waals surface area contributed by atoms with Crippen molar-refractivity contribution in [2.24, 2.45) is 0 Å². The number of nitrogens with zero attached hydrogens (tertiary/aromatic N) is 3. The van der Waals surface area contributed by atoms with Crippen LogP contribution in [0.1, 0.15) is 6.92 Å². The maximum Gasteiger partial charge on any atom is 0.321 e. The number of para-hydroxylation sites is 1. The van der Waals surface area contributed by atoms with Crippen LogP contribution in [0, 0.1) is 0 Å². The molecule has 0 bridgehead atoms. The zero-order chi connectivity index (χ0) is 15.1. The molecule has 0 aliphatic heterocycles. The van der Waals surface area contributed by atoms with Crippen molar-refractivity contribution in [1.82, 2.24) is 15.0 Å². The smallest absolute Gasteiger partial charge is 0.321 e. The van der Waals surface area contributed by atoms with Crippen molar-refractivity contribution in [2.75, 3.05) is 26.9 Å². The molecule has 0 saturated heterocycles. The van der Waals surface area contributed by atoms with Gasteiger partial charge in [-0.05, 0) is 30.7 Å². The van der Waals surface area contributed by atoms with Crippen LogP contribution in [0.15, 0.2) is 24.3 Å². The third-order valence-electron chi connectivity index (χ3n) is 2.53. The lowest BCUT2D eigenvalue weighted by Gasteiger charge is -2.11. The predicted molar refractivity (Wildman–Crippen MR) is 78.8 cm³/mol. The topological polar surface area (TPSA) is 66.4 Å². The highest BCUT2D eigenvalue weighted by atomic mass is 35.5. The summed E-state index contributed by atoms with van der Waals surface area (Å²) in [6, 6.07) is 7.63. The van der Waals surface area contributed by atoms with Gasteiger partial charge in [0.05, 0.1) is 18.8 Å². The van der Waals surface area contributed by atoms with Crippen molar-refractivity contribution in [3.8, 4) is 23.1 Å². The maximum atomic E-state index is 5.91. The van der Waals surface area contributed by atoms with E-state index in [-0.39, 0.29) is 11.3 Å². The third kappa shape index (κ3) is 4.27. The normalized spacial score (nSPS) is 10.4. The summed E-state index contributed by atoms with van der Waals surface area (Å²) in [5.74, 6) is 1.06. The van der Waals surface area contributed by atoms with E-state index < -0.39 is 0 Å². The summed E-state index contributed by atoms with van der Waals surface area (Å²) in [6.07, 6.45) is 0. The molecular formula is C14H16ClN3O3. The first-order chi connectivity index (χ1) is 10.2. The van der Waals surface area contributed by atoms with Crippen molar-refractivity contribution in [1.29, 1.82) is 0 Å². The Labute approximate surface area is 128 Å². The second-order valence-corrected chi connectivity index (χ2v) is 4.32. The van der Waals surface area contributed by atoms with Gasteiger partial charge >= 0.3 is 6.01 Å². The van der Waals surface area contributed by atoms with E-state index in [0.29, 0.717) is 31.4 Å². The molecule has 21 heavy (non-hydrogen) atoms. The van der Waals surface area contributed by atoms with Crippen LogP contribution in [0.2, 0.25) is 5.28 Å². The first-order valence-electron chi connectivity index (χ1n) is 6.50. The summed E-state index contributed by atoms with van der Waals surface area (Å²) in [5.41, 5.74) is 0.721. The monoisotopic (exact) mass is 309 g/mol. The highest BCUT2D eigenvalue weighted by Gasteiger charge is 2.12. The van der Waals surface area contributed by atoms with Gasteiger partial charge in [-0.1, -0.05) is 12.1 Å². The highest BCUT2D eigenvalue weighted by Crippen LogP contribution is 2.28. The number of hydrogen-bond acceptors (Lipinski definition) is 6. The van der Waals surface area contributed by atoms with Gasteiger partial charge in [-0.2, -0.15) is 15.0 Å². The predicted octanol–water partition coefficient (Wildman–Crippen LogP) is 2.62. The molecule has 0 N–H and O–H groups in total. The van der Waals surface area contributed by atoms with Crippen LogP contribution >= 0.6 is 11.6 Å². The molecule has 1 heterocycles. The lowest BCUT2D eigenvalue weighted by molar-refractivity contribution is 0.146. The van der Waals surface area contributed by atoms with Crippen molar-refractivity contribution >= 4 is 11.6 Å². The Morgan fingerprint density at radius 3 is 2.62 bits per heavy atom. The van der Waals surface area contributed by atoms with Gasteiger partial charge in [0, 0.05) is 7.11 Å². The van der Waals surface area contributed by atoms with Crippen molar-refractivity contribution in [2.45, 2.75) is 6.92 Å². The number of halogens is 1. The van der Waals surface area contributed by atoms with Crippen LogP contribution in [0.5, 0.6) is 11.8 Å². The number of hydrogen-bond donors (Lipinski definition) is 0. The van der Waals surface area contributed by atoms with Crippen LogP contribution in [0.3, 0.4) is 0 Å². The first kappa shape index (κ1) is 15.5. The molecule has 0 unspecified atom stereocenters. The quantitative estimate of drug-likeness (QED) is 0.732. The second kappa shape index (κ2) is 7.75. The standard InChI is InChI=1S/C14H16ClN3O3/c1-3-20-14-17-12(16-13(15)18-14)10-6-4-5-7-11(10)21-9-8-19-2/h4-7H,3,8-9H2,1-2H3. The van der Waals surface area contributed by atoms with Crippen molar-refractivity contribution < 1.29 is 14.2 Å². The molecular weight excluding hydrogens is 294 g/mol. The highest BCUT2D eigenvalue weighted by molar-refractivity contribution is 6.28. The molecule has 0 aliphatic rings. The fourth-order valence-electron chi connectivity index (χ4n) is 1.66. The summed E-state index contributed by atoms with van der Waals surface area (Å²) >= 11 is 5.91. The molecule has 7 heteroatoms. The minimum absolute atomic E-state index is 0.0788. The average Bonchev–Trinajstić information content (AvgIpc) is 2.48. The molecule has 2 aromatic rings. The van der Waals surface area contributed by atoms with Gasteiger partial charge in [-0.15, -0.1) is 0 Å². The van der Waals surface area contributed by atoms with Crippen molar-refractivity contribution in [3.63, 3.8) is 0 Å². The van der Waals surface area contributed by atoms with E-state index in [0.717, 1.165) is 5.56 Å². The minimum atomic E-state index is 0.0788. The average molecular weight is 310 g/mol. The van der Waals surface area contributed by atoms with E-state index in [2.05, 4.69) is 15.0 Å². The van der Waals surface area contributed by atoms with Gasteiger partial charge in [0.1, 0.15) is 12.4 Å². The Kier molecular flexibility index (Phi) is 5.71. The summed E-state index contributed by atoms with van der Waals surface area (Å²) in [5, 5.41) is 0.0788. The van der Waals surface area contributed by atoms with E-state index in [9.17, 15) is 0 Å². The molecule has 0 fully saturated rings. The Hall–Kier alpha value is -1.92. The number of ether oxygens (including phenoxy) is 3. The molecule has 1 aromatic heterocycles. The SMILES string of the molecule is CCOc1nc(Cl)nc(-c2ccccc2OCCOC)n1.